The molecule has 0 aromatic carbocycles. The highest BCUT2D eigenvalue weighted by atomic mass is 32.2. The van der Waals surface area contributed by atoms with Gasteiger partial charge < -0.3 is 10.0 Å². The zero-order chi connectivity index (χ0) is 14.5. The van der Waals surface area contributed by atoms with Crippen LogP contribution < -0.4 is 4.72 Å². The Kier molecular flexibility index (Phi) is 6.08. The van der Waals surface area contributed by atoms with Gasteiger partial charge in [0.25, 0.3) is 0 Å². The number of sulfonamides is 1. The summed E-state index contributed by atoms with van der Waals surface area (Å²) in [6.45, 7) is 2.63. The van der Waals surface area contributed by atoms with E-state index in [9.17, 15) is 18.0 Å². The monoisotopic (exact) mass is 310 g/mol. The van der Waals surface area contributed by atoms with Crippen molar-refractivity contribution in [3.63, 3.8) is 0 Å². The summed E-state index contributed by atoms with van der Waals surface area (Å²) < 4.78 is 26.0. The second-order valence-corrected chi connectivity index (χ2v) is 7.21. The molecule has 9 heteroatoms. The van der Waals surface area contributed by atoms with Crippen molar-refractivity contribution in [1.29, 1.82) is 0 Å². The van der Waals surface area contributed by atoms with E-state index in [0.29, 0.717) is 19.5 Å². The molecule has 1 aliphatic heterocycles. The molecular weight excluding hydrogens is 292 g/mol. The summed E-state index contributed by atoms with van der Waals surface area (Å²) in [5, 5.41) is 7.90. The Morgan fingerprint density at radius 3 is 2.68 bits per heavy atom. The van der Waals surface area contributed by atoms with Crippen LogP contribution >= 0.6 is 11.8 Å². The van der Waals surface area contributed by atoms with Crippen molar-refractivity contribution in [3.05, 3.63) is 0 Å². The number of likely N-dealkylation sites (tertiary alicyclic amines) is 1. The van der Waals surface area contributed by atoms with E-state index in [0.717, 1.165) is 11.8 Å². The highest BCUT2D eigenvalue weighted by Crippen LogP contribution is 2.17. The lowest BCUT2D eigenvalue weighted by Crippen LogP contribution is -2.38. The molecule has 1 rings (SSSR count). The quantitative estimate of drug-likeness (QED) is 0.647. The van der Waals surface area contributed by atoms with Crippen LogP contribution in [-0.2, 0) is 19.6 Å². The number of hydrogen-bond acceptors (Lipinski definition) is 5. The zero-order valence-corrected chi connectivity index (χ0v) is 12.3. The molecule has 0 radical (unpaired) electrons. The zero-order valence-electron chi connectivity index (χ0n) is 10.7. The minimum Gasteiger partial charge on any atom is -0.481 e. The van der Waals surface area contributed by atoms with Gasteiger partial charge in [0, 0.05) is 19.6 Å². The molecule has 0 aliphatic carbocycles. The number of carbonyl (C=O) groups is 2. The van der Waals surface area contributed by atoms with Crippen LogP contribution in [0.5, 0.6) is 0 Å². The first-order chi connectivity index (χ1) is 8.86. The first-order valence-electron chi connectivity index (χ1n) is 5.92. The van der Waals surface area contributed by atoms with Crippen molar-refractivity contribution in [2.24, 2.45) is 0 Å². The van der Waals surface area contributed by atoms with Crippen LogP contribution in [0.4, 0.5) is 0 Å². The number of hydrogen-bond donors (Lipinski definition) is 2. The van der Waals surface area contributed by atoms with Crippen LogP contribution in [0.15, 0.2) is 0 Å². The number of nitrogens with zero attached hydrogens (tertiary/aromatic N) is 1. The summed E-state index contributed by atoms with van der Waals surface area (Å²) in [6, 6.07) is 0. The average molecular weight is 310 g/mol. The molecular formula is C10H18N2O5S2. The topological polar surface area (TPSA) is 104 Å². The largest absolute Gasteiger partial charge is 0.481 e. The molecule has 0 bridgehead atoms. The molecule has 0 aromatic heterocycles. The Morgan fingerprint density at radius 1 is 1.42 bits per heavy atom. The van der Waals surface area contributed by atoms with Crippen LogP contribution in [0.1, 0.15) is 13.3 Å². The minimum atomic E-state index is -3.36. The van der Waals surface area contributed by atoms with Crippen molar-refractivity contribution in [2.75, 3.05) is 31.1 Å². The Hall–Kier alpha value is -0.800. The van der Waals surface area contributed by atoms with Gasteiger partial charge in [-0.05, 0) is 6.42 Å². The minimum absolute atomic E-state index is 0.0697. The molecule has 0 saturated carbocycles. The van der Waals surface area contributed by atoms with Crippen molar-refractivity contribution < 1.29 is 23.1 Å². The number of carboxylic acid groups (broad SMARTS) is 1. The van der Waals surface area contributed by atoms with Gasteiger partial charge in [0.15, 0.2) is 0 Å². The first-order valence-corrected chi connectivity index (χ1v) is 8.62. The number of carboxylic acids is 1. The van der Waals surface area contributed by atoms with Crippen molar-refractivity contribution in [1.82, 2.24) is 9.62 Å². The summed E-state index contributed by atoms with van der Waals surface area (Å²) in [7, 11) is -3.36. The predicted octanol–water partition coefficient (Wildman–Crippen LogP) is -0.656. The third kappa shape index (κ3) is 5.00. The molecule has 1 unspecified atom stereocenters. The molecule has 1 amide bonds. The van der Waals surface area contributed by atoms with Gasteiger partial charge in [-0.2, -0.15) is 0 Å². The van der Waals surface area contributed by atoms with E-state index in [1.165, 1.54) is 4.90 Å². The van der Waals surface area contributed by atoms with Crippen molar-refractivity contribution in [2.45, 2.75) is 18.6 Å². The molecule has 2 N–H and O–H groups in total. The Balaban J connectivity index is 2.43. The number of aliphatic carboxylic acids is 1. The summed E-state index contributed by atoms with van der Waals surface area (Å²) in [4.78, 5) is 23.6. The van der Waals surface area contributed by atoms with E-state index in [4.69, 9.17) is 5.11 Å². The van der Waals surface area contributed by atoms with E-state index >= 15 is 0 Å². The normalized spacial score (nSPS) is 19.6. The SMILES string of the molecule is CCNS(=O)(=O)C1CCN(C(=O)CSCC(=O)O)C1. The lowest BCUT2D eigenvalue weighted by molar-refractivity contribution is -0.133. The molecule has 7 nitrogen and oxygen atoms in total. The van der Waals surface area contributed by atoms with Crippen LogP contribution in [0.2, 0.25) is 0 Å². The van der Waals surface area contributed by atoms with Gasteiger partial charge in [-0.1, -0.05) is 6.92 Å². The standard InChI is InChI=1S/C10H18N2O5S2/c1-2-11-19(16,17)8-3-4-12(5-8)9(13)6-18-7-10(14)15/h8,11H,2-7H2,1H3,(H,14,15). The van der Waals surface area contributed by atoms with Gasteiger partial charge in [0.05, 0.1) is 16.8 Å². The highest BCUT2D eigenvalue weighted by molar-refractivity contribution is 8.00. The van der Waals surface area contributed by atoms with Crippen molar-refractivity contribution >= 4 is 33.7 Å². The van der Waals surface area contributed by atoms with Crippen molar-refractivity contribution in [3.8, 4) is 0 Å². The lowest BCUT2D eigenvalue weighted by Gasteiger charge is -2.16. The maximum atomic E-state index is 11.8. The van der Waals surface area contributed by atoms with Crippen LogP contribution in [0, 0.1) is 0 Å². The average Bonchev–Trinajstić information content (AvgIpc) is 2.78. The number of amides is 1. The van der Waals surface area contributed by atoms with Gasteiger partial charge in [-0.25, -0.2) is 13.1 Å². The molecule has 1 aliphatic rings. The summed E-state index contributed by atoms with van der Waals surface area (Å²) >= 11 is 1.02. The molecule has 0 spiro atoms. The lowest BCUT2D eigenvalue weighted by atomic mass is 10.4. The predicted molar refractivity (Wildman–Crippen MR) is 72.5 cm³/mol. The molecule has 19 heavy (non-hydrogen) atoms. The van der Waals surface area contributed by atoms with Gasteiger partial charge in [-0.3, -0.25) is 9.59 Å². The van der Waals surface area contributed by atoms with E-state index in [1.54, 1.807) is 6.92 Å². The van der Waals surface area contributed by atoms with Gasteiger partial charge in [0.2, 0.25) is 15.9 Å². The van der Waals surface area contributed by atoms with E-state index < -0.39 is 21.2 Å². The smallest absolute Gasteiger partial charge is 0.313 e. The third-order valence-corrected chi connectivity index (χ3v) is 5.59. The van der Waals surface area contributed by atoms with Crippen LogP contribution in [-0.4, -0.2) is 66.7 Å². The fourth-order valence-electron chi connectivity index (χ4n) is 1.84. The van der Waals surface area contributed by atoms with E-state index in [2.05, 4.69) is 4.72 Å². The highest BCUT2D eigenvalue weighted by Gasteiger charge is 2.34. The maximum absolute atomic E-state index is 11.8. The van der Waals surface area contributed by atoms with E-state index in [-0.39, 0.29) is 24.0 Å². The Bertz CT molecular complexity index is 437. The first kappa shape index (κ1) is 16.3. The fraction of sp³-hybridized carbons (Fsp3) is 0.800. The number of thioether (sulfide) groups is 1. The maximum Gasteiger partial charge on any atom is 0.313 e. The number of carbonyl (C=O) groups excluding carboxylic acids is 1. The van der Waals surface area contributed by atoms with Crippen LogP contribution in [0.3, 0.4) is 0 Å². The molecule has 1 fully saturated rings. The fourth-order valence-corrected chi connectivity index (χ4v) is 3.91. The molecule has 110 valence electrons. The molecule has 1 heterocycles. The van der Waals surface area contributed by atoms with Gasteiger partial charge in [0.1, 0.15) is 0 Å². The summed E-state index contributed by atoms with van der Waals surface area (Å²) in [6.07, 6.45) is 0.421. The summed E-state index contributed by atoms with van der Waals surface area (Å²) in [5.41, 5.74) is 0. The van der Waals surface area contributed by atoms with Crippen LogP contribution in [0.25, 0.3) is 0 Å². The molecule has 1 atom stereocenters. The van der Waals surface area contributed by atoms with Gasteiger partial charge in [-0.15, -0.1) is 11.8 Å². The number of rotatable bonds is 7. The Morgan fingerprint density at radius 2 is 2.11 bits per heavy atom. The molecule has 1 saturated heterocycles. The van der Waals surface area contributed by atoms with E-state index in [1.807, 2.05) is 0 Å². The third-order valence-electron chi connectivity index (χ3n) is 2.73. The number of nitrogens with one attached hydrogen (secondary N) is 1. The van der Waals surface area contributed by atoms with Gasteiger partial charge >= 0.3 is 5.97 Å². The second kappa shape index (κ2) is 7.11. The molecule has 0 aromatic rings. The second-order valence-electron chi connectivity index (χ2n) is 4.18. The Labute approximate surface area is 116 Å². The summed E-state index contributed by atoms with van der Waals surface area (Å²) in [5.74, 6) is -1.23.